The van der Waals surface area contributed by atoms with Gasteiger partial charge in [-0.15, -0.1) is 0 Å². The Bertz CT molecular complexity index is 1190. The molecule has 1 heterocycles. The van der Waals surface area contributed by atoms with Crippen LogP contribution in [0.1, 0.15) is 11.1 Å². The predicted molar refractivity (Wildman–Crippen MR) is 127 cm³/mol. The Labute approximate surface area is 194 Å². The van der Waals surface area contributed by atoms with Crippen LogP contribution in [0.5, 0.6) is 11.5 Å². The Morgan fingerprint density at radius 1 is 0.970 bits per heavy atom. The van der Waals surface area contributed by atoms with Crippen LogP contribution in [0.15, 0.2) is 82.7 Å². The van der Waals surface area contributed by atoms with Gasteiger partial charge in [0.2, 0.25) is 10.0 Å². The number of benzene rings is 3. The zero-order chi connectivity index (χ0) is 23.1. The summed E-state index contributed by atoms with van der Waals surface area (Å²) in [5, 5.41) is 0. The van der Waals surface area contributed by atoms with Crippen molar-refractivity contribution < 1.29 is 22.6 Å². The minimum absolute atomic E-state index is 0.114. The van der Waals surface area contributed by atoms with Gasteiger partial charge in [0, 0.05) is 25.4 Å². The van der Waals surface area contributed by atoms with Crippen molar-refractivity contribution in [3.8, 4) is 11.5 Å². The van der Waals surface area contributed by atoms with Crippen LogP contribution < -0.4 is 9.47 Å². The first-order valence-electron chi connectivity index (χ1n) is 10.6. The Hall–Kier alpha value is -3.20. The number of morpholine rings is 1. The van der Waals surface area contributed by atoms with Crippen molar-refractivity contribution >= 4 is 21.9 Å². The molecule has 0 N–H and O–H groups in total. The highest BCUT2D eigenvalue weighted by molar-refractivity contribution is 7.89. The maximum Gasteiger partial charge on any atom is 0.245 e. The standard InChI is InChI=1S/C25H26N2O5S/c1-30-23-11-12-24(25(17-23)33(28,29)27-13-15-31-16-14-27)26-18-20-7-9-22(10-8-20)32-19-21-5-3-2-4-6-21/h2-12,17-18H,13-16,19H2,1H3. The Morgan fingerprint density at radius 2 is 1.67 bits per heavy atom. The minimum Gasteiger partial charge on any atom is -0.497 e. The van der Waals surface area contributed by atoms with Crippen LogP contribution in [0.2, 0.25) is 0 Å². The van der Waals surface area contributed by atoms with Crippen LogP contribution in [0.3, 0.4) is 0 Å². The zero-order valence-corrected chi connectivity index (χ0v) is 19.2. The van der Waals surface area contributed by atoms with Crippen molar-refractivity contribution in [1.82, 2.24) is 4.31 Å². The van der Waals surface area contributed by atoms with Crippen molar-refractivity contribution in [1.29, 1.82) is 0 Å². The van der Waals surface area contributed by atoms with Gasteiger partial charge in [0.05, 0.1) is 26.0 Å². The van der Waals surface area contributed by atoms with Gasteiger partial charge in [0.15, 0.2) is 0 Å². The number of hydrogen-bond donors (Lipinski definition) is 0. The lowest BCUT2D eigenvalue weighted by Gasteiger charge is -2.26. The SMILES string of the molecule is COc1ccc(N=Cc2ccc(OCc3ccccc3)cc2)c(S(=O)(=O)N2CCOCC2)c1. The van der Waals surface area contributed by atoms with E-state index in [-0.39, 0.29) is 4.90 Å². The van der Waals surface area contributed by atoms with Gasteiger partial charge in [0.25, 0.3) is 0 Å². The molecule has 33 heavy (non-hydrogen) atoms. The molecule has 172 valence electrons. The molecule has 0 unspecified atom stereocenters. The lowest BCUT2D eigenvalue weighted by atomic mass is 10.2. The maximum absolute atomic E-state index is 13.2. The monoisotopic (exact) mass is 466 g/mol. The highest BCUT2D eigenvalue weighted by atomic mass is 32.2. The predicted octanol–water partition coefficient (Wildman–Crippen LogP) is 4.05. The fourth-order valence-corrected chi connectivity index (χ4v) is 4.95. The summed E-state index contributed by atoms with van der Waals surface area (Å²) in [6.07, 6.45) is 1.64. The molecule has 0 radical (unpaired) electrons. The summed E-state index contributed by atoms with van der Waals surface area (Å²) in [5.41, 5.74) is 2.27. The van der Waals surface area contributed by atoms with Crippen molar-refractivity contribution in [2.45, 2.75) is 11.5 Å². The second-order valence-corrected chi connectivity index (χ2v) is 9.36. The third-order valence-electron chi connectivity index (χ3n) is 5.24. The Kier molecular flexibility index (Phi) is 7.39. The molecule has 1 saturated heterocycles. The van der Waals surface area contributed by atoms with Gasteiger partial charge in [-0.25, -0.2) is 8.42 Å². The van der Waals surface area contributed by atoms with E-state index < -0.39 is 10.0 Å². The Balaban J connectivity index is 1.51. The lowest BCUT2D eigenvalue weighted by Crippen LogP contribution is -2.40. The van der Waals surface area contributed by atoms with Crippen LogP contribution in [-0.4, -0.2) is 52.4 Å². The number of aliphatic imine (C=N–C) groups is 1. The summed E-state index contributed by atoms with van der Waals surface area (Å²) in [6, 6.07) is 22.3. The summed E-state index contributed by atoms with van der Waals surface area (Å²) in [7, 11) is -2.23. The fourth-order valence-electron chi connectivity index (χ4n) is 3.40. The van der Waals surface area contributed by atoms with Crippen LogP contribution >= 0.6 is 0 Å². The minimum atomic E-state index is -3.73. The molecule has 1 aliphatic heterocycles. The van der Waals surface area contributed by atoms with Crippen LogP contribution in [-0.2, 0) is 21.4 Å². The normalized spacial score (nSPS) is 14.9. The van der Waals surface area contributed by atoms with Gasteiger partial charge in [-0.05, 0) is 47.5 Å². The van der Waals surface area contributed by atoms with Crippen molar-refractivity contribution in [3.05, 3.63) is 83.9 Å². The molecule has 1 fully saturated rings. The second kappa shape index (κ2) is 10.6. The van der Waals surface area contributed by atoms with E-state index in [2.05, 4.69) is 4.99 Å². The highest BCUT2D eigenvalue weighted by Gasteiger charge is 2.29. The molecule has 0 atom stereocenters. The van der Waals surface area contributed by atoms with Gasteiger partial charge in [0.1, 0.15) is 23.0 Å². The molecule has 0 aromatic heterocycles. The first-order valence-corrected chi connectivity index (χ1v) is 12.1. The summed E-state index contributed by atoms with van der Waals surface area (Å²) in [4.78, 5) is 4.59. The topological polar surface area (TPSA) is 77.4 Å². The summed E-state index contributed by atoms with van der Waals surface area (Å²) < 4.78 is 44.3. The molecular weight excluding hydrogens is 440 g/mol. The van der Waals surface area contributed by atoms with Gasteiger partial charge >= 0.3 is 0 Å². The largest absolute Gasteiger partial charge is 0.497 e. The van der Waals surface area contributed by atoms with Crippen LogP contribution in [0.4, 0.5) is 5.69 Å². The molecule has 4 rings (SSSR count). The lowest BCUT2D eigenvalue weighted by molar-refractivity contribution is 0.0730. The molecular formula is C25H26N2O5S. The molecule has 0 aliphatic carbocycles. The van der Waals surface area contributed by atoms with E-state index in [0.29, 0.717) is 44.3 Å². The summed E-state index contributed by atoms with van der Waals surface area (Å²) in [5.74, 6) is 1.21. The quantitative estimate of drug-likeness (QED) is 0.468. The van der Waals surface area contributed by atoms with Gasteiger partial charge in [-0.3, -0.25) is 4.99 Å². The van der Waals surface area contributed by atoms with Gasteiger partial charge in [-0.2, -0.15) is 4.31 Å². The third kappa shape index (κ3) is 5.78. The van der Waals surface area contributed by atoms with E-state index in [1.54, 1.807) is 18.3 Å². The van der Waals surface area contributed by atoms with Gasteiger partial charge in [-0.1, -0.05) is 30.3 Å². The average molecular weight is 467 g/mol. The number of methoxy groups -OCH3 is 1. The number of sulfonamides is 1. The number of rotatable bonds is 8. The van der Waals surface area contributed by atoms with E-state index in [9.17, 15) is 8.42 Å². The molecule has 7 nitrogen and oxygen atoms in total. The van der Waals surface area contributed by atoms with Crippen molar-refractivity contribution in [2.75, 3.05) is 33.4 Å². The smallest absolute Gasteiger partial charge is 0.245 e. The Morgan fingerprint density at radius 3 is 2.36 bits per heavy atom. The summed E-state index contributed by atoms with van der Waals surface area (Å²) in [6.45, 7) is 1.87. The molecule has 0 amide bonds. The molecule has 0 spiro atoms. The van der Waals surface area contributed by atoms with Crippen molar-refractivity contribution in [3.63, 3.8) is 0 Å². The van der Waals surface area contributed by atoms with Crippen molar-refractivity contribution in [2.24, 2.45) is 4.99 Å². The average Bonchev–Trinajstić information content (AvgIpc) is 2.88. The molecule has 0 saturated carbocycles. The molecule has 8 heteroatoms. The first kappa shape index (κ1) is 23.0. The summed E-state index contributed by atoms with van der Waals surface area (Å²) >= 11 is 0. The van der Waals surface area contributed by atoms with Gasteiger partial charge < -0.3 is 14.2 Å². The molecule has 3 aromatic rings. The number of ether oxygens (including phenoxy) is 3. The molecule has 1 aliphatic rings. The third-order valence-corrected chi connectivity index (χ3v) is 7.16. The molecule has 0 bridgehead atoms. The maximum atomic E-state index is 13.2. The van der Waals surface area contributed by atoms with E-state index >= 15 is 0 Å². The van der Waals surface area contributed by atoms with E-state index in [0.717, 1.165) is 16.9 Å². The second-order valence-electron chi connectivity index (χ2n) is 7.45. The van der Waals surface area contributed by atoms with E-state index in [1.807, 2.05) is 54.6 Å². The zero-order valence-electron chi connectivity index (χ0n) is 18.4. The molecule has 3 aromatic carbocycles. The van der Waals surface area contributed by atoms with Crippen LogP contribution in [0.25, 0.3) is 0 Å². The number of nitrogens with zero attached hydrogens (tertiary/aromatic N) is 2. The van der Waals surface area contributed by atoms with E-state index in [1.165, 1.54) is 17.5 Å². The first-order chi connectivity index (χ1) is 16.1. The van der Waals surface area contributed by atoms with Crippen LogP contribution in [0, 0.1) is 0 Å². The number of hydrogen-bond acceptors (Lipinski definition) is 6. The fraction of sp³-hybridized carbons (Fsp3) is 0.240. The van der Waals surface area contributed by atoms with E-state index in [4.69, 9.17) is 14.2 Å². The highest BCUT2D eigenvalue weighted by Crippen LogP contribution is 2.31.